The van der Waals surface area contributed by atoms with Gasteiger partial charge in [0.1, 0.15) is 0 Å². The van der Waals surface area contributed by atoms with Crippen LogP contribution in [0, 0.1) is 5.41 Å². The Balaban J connectivity index is 0.000000640. The number of hydrogen-bond donors (Lipinski definition) is 0. The van der Waals surface area contributed by atoms with Crippen molar-refractivity contribution in [2.24, 2.45) is 5.41 Å². The maximum atomic E-state index is 5.21. The fourth-order valence-electron chi connectivity index (χ4n) is 0.924. The van der Waals surface area contributed by atoms with Gasteiger partial charge in [-0.3, -0.25) is 0 Å². The Bertz CT molecular complexity index is 71.0. The van der Waals surface area contributed by atoms with Crippen molar-refractivity contribution >= 4 is 0 Å². The van der Waals surface area contributed by atoms with E-state index >= 15 is 0 Å². The monoisotopic (exact) mass is 132 g/mol. The fourth-order valence-corrected chi connectivity index (χ4v) is 0.924. The first-order valence-electron chi connectivity index (χ1n) is 3.28. The predicted octanol–water partition coefficient (Wildman–Crippen LogP) is 0.998. The van der Waals surface area contributed by atoms with Crippen molar-refractivity contribution in [1.29, 1.82) is 0 Å². The van der Waals surface area contributed by atoms with Crippen molar-refractivity contribution in [3.8, 4) is 0 Å². The quantitative estimate of drug-likeness (QED) is 0.484. The molecule has 2 nitrogen and oxygen atoms in total. The van der Waals surface area contributed by atoms with Crippen molar-refractivity contribution in [3.05, 3.63) is 0 Å². The lowest BCUT2D eigenvalue weighted by Crippen LogP contribution is -2.22. The van der Waals surface area contributed by atoms with Crippen molar-refractivity contribution in [2.45, 2.75) is 26.7 Å². The highest BCUT2D eigenvalue weighted by Crippen LogP contribution is 2.27. The number of hydrogen-bond acceptors (Lipinski definition) is 1. The molecule has 1 saturated heterocycles. The molecule has 0 spiro atoms. The summed E-state index contributed by atoms with van der Waals surface area (Å²) in [5.41, 5.74) is 0.554. The molecule has 1 aliphatic heterocycles. The molecule has 0 amide bonds. The zero-order valence-electron chi connectivity index (χ0n) is 6.24. The molecule has 2 heteroatoms. The molecule has 1 fully saturated rings. The van der Waals surface area contributed by atoms with Gasteiger partial charge < -0.3 is 10.2 Å². The van der Waals surface area contributed by atoms with E-state index in [1.54, 1.807) is 0 Å². The highest BCUT2D eigenvalue weighted by Gasteiger charge is 2.20. The van der Waals surface area contributed by atoms with E-state index in [2.05, 4.69) is 13.8 Å². The van der Waals surface area contributed by atoms with E-state index in [1.165, 1.54) is 12.8 Å². The molecule has 1 rings (SSSR count). The summed E-state index contributed by atoms with van der Waals surface area (Å²) in [6.07, 6.45) is 2.46. The molecule has 0 atom stereocenters. The van der Waals surface area contributed by atoms with Crippen LogP contribution in [0.1, 0.15) is 26.7 Å². The zero-order valence-corrected chi connectivity index (χ0v) is 6.24. The summed E-state index contributed by atoms with van der Waals surface area (Å²) in [6, 6.07) is 0. The molecule has 0 radical (unpaired) electrons. The Kier molecular flexibility index (Phi) is 3.15. The average Bonchev–Trinajstić information content (AvgIpc) is 1.65. The summed E-state index contributed by atoms with van der Waals surface area (Å²) in [4.78, 5) is 0. The molecule has 0 bridgehead atoms. The highest BCUT2D eigenvalue weighted by atomic mass is 16.5. The summed E-state index contributed by atoms with van der Waals surface area (Å²) < 4.78 is 5.21. The van der Waals surface area contributed by atoms with Crippen molar-refractivity contribution in [3.63, 3.8) is 0 Å². The number of ether oxygens (including phenoxy) is 1. The standard InChI is InChI=1S/C7H14O.H2O/c1-7(2)3-5-8-6-4-7;/h3-6H2,1-2H3;1H2. The van der Waals surface area contributed by atoms with E-state index in [1.807, 2.05) is 0 Å². The second-order valence-corrected chi connectivity index (χ2v) is 3.28. The molecular formula is C7H16O2. The first-order chi connectivity index (χ1) is 3.71. The van der Waals surface area contributed by atoms with Crippen LogP contribution < -0.4 is 0 Å². The van der Waals surface area contributed by atoms with E-state index in [4.69, 9.17) is 4.74 Å². The Morgan fingerprint density at radius 1 is 1.11 bits per heavy atom. The Morgan fingerprint density at radius 3 is 1.78 bits per heavy atom. The van der Waals surface area contributed by atoms with Gasteiger partial charge in [0.05, 0.1) is 0 Å². The molecule has 0 saturated carbocycles. The largest absolute Gasteiger partial charge is 0.412 e. The molecule has 0 aromatic carbocycles. The Labute approximate surface area is 56.5 Å². The molecule has 56 valence electrons. The predicted molar refractivity (Wildman–Crippen MR) is 37.4 cm³/mol. The molecule has 9 heavy (non-hydrogen) atoms. The lowest BCUT2D eigenvalue weighted by Gasteiger charge is -2.28. The van der Waals surface area contributed by atoms with Gasteiger partial charge in [0.2, 0.25) is 0 Å². The summed E-state index contributed by atoms with van der Waals surface area (Å²) in [5, 5.41) is 0. The fraction of sp³-hybridized carbons (Fsp3) is 1.00. The van der Waals surface area contributed by atoms with Gasteiger partial charge in [-0.25, -0.2) is 0 Å². The van der Waals surface area contributed by atoms with Gasteiger partial charge in [-0.15, -0.1) is 0 Å². The summed E-state index contributed by atoms with van der Waals surface area (Å²) in [6.45, 7) is 6.53. The molecule has 1 aliphatic rings. The Morgan fingerprint density at radius 2 is 1.56 bits per heavy atom. The van der Waals surface area contributed by atoms with Gasteiger partial charge in [0, 0.05) is 13.2 Å². The minimum absolute atomic E-state index is 0. The van der Waals surface area contributed by atoms with Gasteiger partial charge in [-0.05, 0) is 18.3 Å². The van der Waals surface area contributed by atoms with Crippen LogP contribution in [0.25, 0.3) is 0 Å². The summed E-state index contributed by atoms with van der Waals surface area (Å²) in [5.74, 6) is 0. The second kappa shape index (κ2) is 3.18. The topological polar surface area (TPSA) is 40.7 Å². The van der Waals surface area contributed by atoms with Gasteiger partial charge in [0.15, 0.2) is 0 Å². The minimum atomic E-state index is 0. The lowest BCUT2D eigenvalue weighted by atomic mass is 9.85. The second-order valence-electron chi connectivity index (χ2n) is 3.28. The third-order valence-electron chi connectivity index (χ3n) is 1.85. The van der Waals surface area contributed by atoms with Crippen LogP contribution in [0.4, 0.5) is 0 Å². The van der Waals surface area contributed by atoms with E-state index < -0.39 is 0 Å². The third-order valence-corrected chi connectivity index (χ3v) is 1.85. The van der Waals surface area contributed by atoms with E-state index in [9.17, 15) is 0 Å². The number of rotatable bonds is 0. The smallest absolute Gasteiger partial charge is 0.0471 e. The van der Waals surface area contributed by atoms with Crippen LogP contribution in [-0.4, -0.2) is 18.7 Å². The molecular weight excluding hydrogens is 116 g/mol. The van der Waals surface area contributed by atoms with Crippen molar-refractivity contribution < 1.29 is 10.2 Å². The van der Waals surface area contributed by atoms with Crippen LogP contribution >= 0.6 is 0 Å². The average molecular weight is 132 g/mol. The van der Waals surface area contributed by atoms with Gasteiger partial charge in [-0.1, -0.05) is 13.8 Å². The van der Waals surface area contributed by atoms with Gasteiger partial charge in [0.25, 0.3) is 0 Å². The van der Waals surface area contributed by atoms with Crippen molar-refractivity contribution in [2.75, 3.05) is 13.2 Å². The maximum absolute atomic E-state index is 5.21. The summed E-state index contributed by atoms with van der Waals surface area (Å²) in [7, 11) is 0. The van der Waals surface area contributed by atoms with Crippen LogP contribution in [0.2, 0.25) is 0 Å². The Hall–Kier alpha value is -0.0800. The molecule has 0 aromatic heterocycles. The summed E-state index contributed by atoms with van der Waals surface area (Å²) >= 11 is 0. The first kappa shape index (κ1) is 8.92. The van der Waals surface area contributed by atoms with E-state index in [0.717, 1.165) is 13.2 Å². The normalized spacial score (nSPS) is 24.7. The van der Waals surface area contributed by atoms with E-state index in [0.29, 0.717) is 5.41 Å². The van der Waals surface area contributed by atoms with Crippen LogP contribution in [-0.2, 0) is 4.74 Å². The van der Waals surface area contributed by atoms with Gasteiger partial charge >= 0.3 is 0 Å². The molecule has 1 heterocycles. The van der Waals surface area contributed by atoms with Gasteiger partial charge in [-0.2, -0.15) is 0 Å². The molecule has 0 aliphatic carbocycles. The minimum Gasteiger partial charge on any atom is -0.412 e. The molecule has 0 aromatic rings. The van der Waals surface area contributed by atoms with Crippen molar-refractivity contribution in [1.82, 2.24) is 0 Å². The highest BCUT2D eigenvalue weighted by molar-refractivity contribution is 4.70. The van der Waals surface area contributed by atoms with Crippen LogP contribution in [0.5, 0.6) is 0 Å². The maximum Gasteiger partial charge on any atom is 0.0471 e. The molecule has 0 unspecified atom stereocenters. The SMILES string of the molecule is CC1(C)CCOCC1.O. The van der Waals surface area contributed by atoms with Crippen LogP contribution in [0.3, 0.4) is 0 Å². The van der Waals surface area contributed by atoms with E-state index in [-0.39, 0.29) is 5.48 Å². The molecule has 2 N–H and O–H groups in total. The third kappa shape index (κ3) is 2.82. The first-order valence-corrected chi connectivity index (χ1v) is 3.28. The van der Waals surface area contributed by atoms with Crippen LogP contribution in [0.15, 0.2) is 0 Å². The lowest BCUT2D eigenvalue weighted by molar-refractivity contribution is 0.0327. The zero-order chi connectivity index (χ0) is 6.04.